The lowest BCUT2D eigenvalue weighted by Gasteiger charge is -2.37. The molecule has 156 valence electrons. The Hall–Kier alpha value is -3.11. The third-order valence-corrected chi connectivity index (χ3v) is 4.98. The van der Waals surface area contributed by atoms with Crippen LogP contribution in [0.2, 0.25) is 0 Å². The van der Waals surface area contributed by atoms with Gasteiger partial charge in [-0.15, -0.1) is 0 Å². The Morgan fingerprint density at radius 2 is 1.37 bits per heavy atom. The number of carbonyl (C=O) groups is 1. The molecule has 0 amide bonds. The molecular formula is C26H30N2O2. The molecule has 0 unspecified atom stereocenters. The maximum Gasteiger partial charge on any atom is 0.309 e. The highest BCUT2D eigenvalue weighted by Crippen LogP contribution is 2.23. The molecule has 0 aliphatic rings. The summed E-state index contributed by atoms with van der Waals surface area (Å²) in [6, 6.07) is 29.3. The van der Waals surface area contributed by atoms with Gasteiger partial charge in [-0.1, -0.05) is 79.7 Å². The zero-order chi connectivity index (χ0) is 21.2. The summed E-state index contributed by atoms with van der Waals surface area (Å²) in [5.74, 6) is -0.223. The fraction of sp³-hybridized carbons (Fsp3) is 0.269. The van der Waals surface area contributed by atoms with Gasteiger partial charge in [-0.05, 0) is 35.2 Å². The number of hydrogen-bond donors (Lipinski definition) is 0. The molecule has 0 saturated heterocycles. The van der Waals surface area contributed by atoms with Crippen LogP contribution in [0.15, 0.2) is 84.9 Å². The van der Waals surface area contributed by atoms with Gasteiger partial charge < -0.3 is 9.75 Å². The number of methoxy groups -OCH3 is 1. The van der Waals surface area contributed by atoms with Gasteiger partial charge >= 0.3 is 5.97 Å². The van der Waals surface area contributed by atoms with Crippen molar-refractivity contribution in [3.8, 4) is 0 Å². The quantitative estimate of drug-likeness (QED) is 0.343. The summed E-state index contributed by atoms with van der Waals surface area (Å²) in [6.45, 7) is 4.68. The molecule has 4 nitrogen and oxygen atoms in total. The van der Waals surface area contributed by atoms with Crippen LogP contribution in [-0.4, -0.2) is 24.6 Å². The van der Waals surface area contributed by atoms with Crippen molar-refractivity contribution in [2.75, 3.05) is 18.7 Å². The summed E-state index contributed by atoms with van der Waals surface area (Å²) >= 11 is 0. The topological polar surface area (TPSA) is 32.8 Å². The molecule has 0 fully saturated rings. The number of ether oxygens (including phenoxy) is 1. The minimum absolute atomic E-state index is 0.223. The van der Waals surface area contributed by atoms with E-state index in [1.807, 2.05) is 24.3 Å². The van der Waals surface area contributed by atoms with E-state index in [1.54, 1.807) is 0 Å². The standard InChI is InChI=1S/C26H30N2O2/c1-3-17-28(25-16-10-15-24(18-25)19-26(29)30-2)27(20-22-11-6-4-7-12-22)21-23-13-8-5-9-14-23/h4-16,18H,3,17,19-21H2,1-2H3. The van der Waals surface area contributed by atoms with Gasteiger partial charge in [-0.25, -0.2) is 5.01 Å². The van der Waals surface area contributed by atoms with Gasteiger partial charge in [0, 0.05) is 19.6 Å². The number of carbonyl (C=O) groups excluding carboxylic acids is 1. The molecule has 0 saturated carbocycles. The van der Waals surface area contributed by atoms with E-state index in [1.165, 1.54) is 18.2 Å². The van der Waals surface area contributed by atoms with Crippen molar-refractivity contribution in [1.82, 2.24) is 5.01 Å². The average Bonchev–Trinajstić information content (AvgIpc) is 2.78. The predicted molar refractivity (Wildman–Crippen MR) is 122 cm³/mol. The predicted octanol–water partition coefficient (Wildman–Crippen LogP) is 5.24. The van der Waals surface area contributed by atoms with Crippen LogP contribution in [0.4, 0.5) is 5.69 Å². The number of benzene rings is 3. The van der Waals surface area contributed by atoms with Crippen LogP contribution in [0, 0.1) is 0 Å². The first-order chi connectivity index (χ1) is 14.7. The molecular weight excluding hydrogens is 372 g/mol. The Balaban J connectivity index is 1.92. The van der Waals surface area contributed by atoms with Crippen LogP contribution < -0.4 is 5.01 Å². The molecule has 4 heteroatoms. The maximum atomic E-state index is 11.8. The Labute approximate surface area is 179 Å². The highest BCUT2D eigenvalue weighted by Gasteiger charge is 2.18. The van der Waals surface area contributed by atoms with Crippen molar-refractivity contribution in [3.63, 3.8) is 0 Å². The highest BCUT2D eigenvalue weighted by atomic mass is 16.5. The fourth-order valence-electron chi connectivity index (χ4n) is 3.53. The third kappa shape index (κ3) is 6.19. The van der Waals surface area contributed by atoms with E-state index in [-0.39, 0.29) is 12.4 Å². The minimum atomic E-state index is -0.223. The minimum Gasteiger partial charge on any atom is -0.469 e. The van der Waals surface area contributed by atoms with E-state index in [0.29, 0.717) is 0 Å². The molecule has 3 aromatic carbocycles. The zero-order valence-corrected chi connectivity index (χ0v) is 17.8. The van der Waals surface area contributed by atoms with Crippen molar-refractivity contribution in [2.24, 2.45) is 0 Å². The first-order valence-corrected chi connectivity index (χ1v) is 10.5. The summed E-state index contributed by atoms with van der Waals surface area (Å²) in [4.78, 5) is 11.8. The number of rotatable bonds is 10. The van der Waals surface area contributed by atoms with Gasteiger partial charge in [-0.2, -0.15) is 0 Å². The molecule has 0 heterocycles. The van der Waals surface area contributed by atoms with Crippen LogP contribution in [0.25, 0.3) is 0 Å². The molecule has 3 aromatic rings. The van der Waals surface area contributed by atoms with Crippen LogP contribution in [0.3, 0.4) is 0 Å². The Morgan fingerprint density at radius 1 is 0.800 bits per heavy atom. The molecule has 0 aromatic heterocycles. The lowest BCUT2D eigenvalue weighted by atomic mass is 10.1. The van der Waals surface area contributed by atoms with Crippen molar-refractivity contribution in [1.29, 1.82) is 0 Å². The monoisotopic (exact) mass is 402 g/mol. The van der Waals surface area contributed by atoms with Crippen LogP contribution in [0.5, 0.6) is 0 Å². The number of anilines is 1. The maximum absolute atomic E-state index is 11.8. The van der Waals surface area contributed by atoms with Gasteiger partial charge in [-0.3, -0.25) is 4.79 Å². The van der Waals surface area contributed by atoms with Crippen molar-refractivity contribution < 1.29 is 9.53 Å². The van der Waals surface area contributed by atoms with E-state index in [9.17, 15) is 4.79 Å². The zero-order valence-electron chi connectivity index (χ0n) is 17.8. The second-order valence-corrected chi connectivity index (χ2v) is 7.34. The van der Waals surface area contributed by atoms with E-state index in [0.717, 1.165) is 37.3 Å². The molecule has 0 bridgehead atoms. The summed E-state index contributed by atoms with van der Waals surface area (Å²) in [5, 5.41) is 4.71. The molecule has 0 spiro atoms. The smallest absolute Gasteiger partial charge is 0.309 e. The lowest BCUT2D eigenvalue weighted by Crippen LogP contribution is -2.42. The SMILES string of the molecule is CCCN(c1cccc(CC(=O)OC)c1)N(Cc1ccccc1)Cc1ccccc1. The Bertz CT molecular complexity index is 871. The van der Waals surface area contributed by atoms with E-state index in [4.69, 9.17) is 4.74 Å². The summed E-state index contributed by atoms with van der Waals surface area (Å²) in [5.41, 5.74) is 4.57. The van der Waals surface area contributed by atoms with Gasteiger partial charge in [0.1, 0.15) is 0 Å². The number of hydrazine groups is 1. The molecule has 0 radical (unpaired) electrons. The Kier molecular flexibility index (Phi) is 8.04. The van der Waals surface area contributed by atoms with Gasteiger partial charge in [0.15, 0.2) is 0 Å². The van der Waals surface area contributed by atoms with Crippen molar-refractivity contribution >= 4 is 11.7 Å². The summed E-state index contributed by atoms with van der Waals surface area (Å²) in [7, 11) is 1.43. The van der Waals surface area contributed by atoms with E-state index < -0.39 is 0 Å². The van der Waals surface area contributed by atoms with Gasteiger partial charge in [0.25, 0.3) is 0 Å². The summed E-state index contributed by atoms with van der Waals surface area (Å²) in [6.07, 6.45) is 1.29. The van der Waals surface area contributed by atoms with Crippen molar-refractivity contribution in [3.05, 3.63) is 102 Å². The normalized spacial score (nSPS) is 10.8. The average molecular weight is 403 g/mol. The summed E-state index contributed by atoms with van der Waals surface area (Å²) < 4.78 is 4.84. The molecule has 30 heavy (non-hydrogen) atoms. The third-order valence-electron chi connectivity index (χ3n) is 4.98. The highest BCUT2D eigenvalue weighted by molar-refractivity contribution is 5.73. The second-order valence-electron chi connectivity index (χ2n) is 7.34. The van der Waals surface area contributed by atoms with Crippen molar-refractivity contribution in [2.45, 2.75) is 32.9 Å². The van der Waals surface area contributed by atoms with E-state index in [2.05, 4.69) is 77.6 Å². The molecule has 0 aliphatic heterocycles. The molecule has 0 N–H and O–H groups in total. The second kappa shape index (κ2) is 11.2. The van der Waals surface area contributed by atoms with Crippen LogP contribution >= 0.6 is 0 Å². The van der Waals surface area contributed by atoms with Gasteiger partial charge in [0.2, 0.25) is 0 Å². The number of esters is 1. The molecule has 3 rings (SSSR count). The first-order valence-electron chi connectivity index (χ1n) is 10.5. The number of hydrogen-bond acceptors (Lipinski definition) is 4. The van der Waals surface area contributed by atoms with Crippen LogP contribution in [0.1, 0.15) is 30.0 Å². The molecule has 0 aliphatic carbocycles. The molecule has 0 atom stereocenters. The van der Waals surface area contributed by atoms with E-state index >= 15 is 0 Å². The number of nitrogens with zero attached hydrogens (tertiary/aromatic N) is 2. The van der Waals surface area contributed by atoms with Gasteiger partial charge in [0.05, 0.1) is 19.2 Å². The Morgan fingerprint density at radius 3 is 1.90 bits per heavy atom. The lowest BCUT2D eigenvalue weighted by molar-refractivity contribution is -0.139. The first kappa shape index (κ1) is 21.6. The van der Waals surface area contributed by atoms with Crippen LogP contribution in [-0.2, 0) is 29.0 Å². The fourth-order valence-corrected chi connectivity index (χ4v) is 3.53. The largest absolute Gasteiger partial charge is 0.469 e.